The van der Waals surface area contributed by atoms with E-state index in [0.717, 1.165) is 11.1 Å². The maximum Gasteiger partial charge on any atom is 0.213 e. The molecule has 1 atom stereocenters. The largest absolute Gasteiger partial charge is 0.321 e. The zero-order chi connectivity index (χ0) is 9.14. The number of hydrogen-bond donors (Lipinski definition) is 1. The number of aromatic nitrogens is 1. The molecule has 0 aliphatic carbocycles. The van der Waals surface area contributed by atoms with E-state index in [9.17, 15) is 4.39 Å². The van der Waals surface area contributed by atoms with Gasteiger partial charge in [-0.15, -0.1) is 6.58 Å². The Bertz CT molecular complexity index is 297. The number of hydrogen-bond acceptors (Lipinski definition) is 2. The first-order chi connectivity index (χ1) is 5.65. The van der Waals surface area contributed by atoms with Crippen LogP contribution < -0.4 is 5.73 Å². The normalized spacial score (nSPS) is 12.6. The fraction of sp³-hybridized carbons (Fsp3) is 0.222. The number of nitrogens with zero attached hydrogens (tertiary/aromatic N) is 1. The molecule has 0 spiro atoms. The van der Waals surface area contributed by atoms with Crippen molar-refractivity contribution in [2.24, 2.45) is 5.73 Å². The van der Waals surface area contributed by atoms with Gasteiger partial charge in [-0.3, -0.25) is 0 Å². The van der Waals surface area contributed by atoms with E-state index in [-0.39, 0.29) is 6.04 Å². The smallest absolute Gasteiger partial charge is 0.213 e. The van der Waals surface area contributed by atoms with Crippen molar-refractivity contribution in [2.45, 2.75) is 13.0 Å². The van der Waals surface area contributed by atoms with Crippen LogP contribution in [-0.4, -0.2) is 4.98 Å². The highest BCUT2D eigenvalue weighted by atomic mass is 19.1. The van der Waals surface area contributed by atoms with Gasteiger partial charge in [0.25, 0.3) is 0 Å². The maximum absolute atomic E-state index is 12.5. The Morgan fingerprint density at radius 3 is 2.92 bits per heavy atom. The van der Waals surface area contributed by atoms with Gasteiger partial charge in [0.2, 0.25) is 5.95 Å². The minimum absolute atomic E-state index is 0.266. The SMILES string of the molecule is C=C[C@H](N)c1cnc(F)cc1C. The summed E-state index contributed by atoms with van der Waals surface area (Å²) in [6.07, 6.45) is 3.04. The van der Waals surface area contributed by atoms with Gasteiger partial charge in [-0.05, 0) is 24.1 Å². The number of rotatable bonds is 2. The Labute approximate surface area is 70.9 Å². The molecule has 2 nitrogen and oxygen atoms in total. The van der Waals surface area contributed by atoms with Gasteiger partial charge in [0.1, 0.15) is 0 Å². The van der Waals surface area contributed by atoms with Crippen LogP contribution in [0.25, 0.3) is 0 Å². The van der Waals surface area contributed by atoms with Gasteiger partial charge in [0.15, 0.2) is 0 Å². The van der Waals surface area contributed by atoms with Crippen molar-refractivity contribution in [3.05, 3.63) is 42.0 Å². The van der Waals surface area contributed by atoms with Gasteiger partial charge < -0.3 is 5.73 Å². The molecule has 1 rings (SSSR count). The number of aryl methyl sites for hydroxylation is 1. The molecule has 0 aromatic carbocycles. The summed E-state index contributed by atoms with van der Waals surface area (Å²) in [5.41, 5.74) is 7.28. The van der Waals surface area contributed by atoms with Crippen molar-refractivity contribution >= 4 is 0 Å². The van der Waals surface area contributed by atoms with Crippen LogP contribution in [0.1, 0.15) is 17.2 Å². The minimum Gasteiger partial charge on any atom is -0.321 e. The van der Waals surface area contributed by atoms with Gasteiger partial charge in [-0.1, -0.05) is 6.08 Å². The first-order valence-corrected chi connectivity index (χ1v) is 3.65. The van der Waals surface area contributed by atoms with E-state index < -0.39 is 5.95 Å². The summed E-state index contributed by atoms with van der Waals surface area (Å²) >= 11 is 0. The van der Waals surface area contributed by atoms with Crippen LogP contribution in [0.4, 0.5) is 4.39 Å². The van der Waals surface area contributed by atoms with Gasteiger partial charge >= 0.3 is 0 Å². The van der Waals surface area contributed by atoms with E-state index in [1.165, 1.54) is 12.3 Å². The molecule has 1 heterocycles. The highest BCUT2D eigenvalue weighted by Crippen LogP contribution is 2.15. The predicted molar refractivity (Wildman–Crippen MR) is 46.1 cm³/mol. The average Bonchev–Trinajstić information content (AvgIpc) is 2.03. The first kappa shape index (κ1) is 8.87. The Balaban J connectivity index is 3.09. The summed E-state index contributed by atoms with van der Waals surface area (Å²) in [5.74, 6) is -0.479. The fourth-order valence-corrected chi connectivity index (χ4v) is 1.01. The summed E-state index contributed by atoms with van der Waals surface area (Å²) in [6, 6.07) is 1.09. The maximum atomic E-state index is 12.5. The van der Waals surface area contributed by atoms with Crippen LogP contribution in [0.5, 0.6) is 0 Å². The van der Waals surface area contributed by atoms with Crippen molar-refractivity contribution in [1.29, 1.82) is 0 Å². The average molecular weight is 166 g/mol. The van der Waals surface area contributed by atoms with Gasteiger partial charge in [-0.25, -0.2) is 4.98 Å². The summed E-state index contributed by atoms with van der Waals surface area (Å²) in [4.78, 5) is 3.51. The highest BCUT2D eigenvalue weighted by Gasteiger charge is 2.05. The van der Waals surface area contributed by atoms with Crippen LogP contribution in [0, 0.1) is 12.9 Å². The molecule has 0 aliphatic rings. The molecule has 1 aromatic rings. The van der Waals surface area contributed by atoms with E-state index in [1.807, 2.05) is 0 Å². The molecule has 0 aliphatic heterocycles. The Morgan fingerprint density at radius 1 is 1.75 bits per heavy atom. The van der Waals surface area contributed by atoms with Crippen LogP contribution >= 0.6 is 0 Å². The van der Waals surface area contributed by atoms with Crippen LogP contribution in [-0.2, 0) is 0 Å². The third-order valence-electron chi connectivity index (χ3n) is 1.73. The second-order valence-electron chi connectivity index (χ2n) is 2.63. The van der Waals surface area contributed by atoms with Gasteiger partial charge in [0.05, 0.1) is 0 Å². The molecule has 0 saturated heterocycles. The predicted octanol–water partition coefficient (Wildman–Crippen LogP) is 1.71. The molecule has 2 N–H and O–H groups in total. The lowest BCUT2D eigenvalue weighted by molar-refractivity contribution is 0.580. The topological polar surface area (TPSA) is 38.9 Å². The summed E-state index contributed by atoms with van der Waals surface area (Å²) in [6.45, 7) is 5.35. The minimum atomic E-state index is -0.479. The second-order valence-corrected chi connectivity index (χ2v) is 2.63. The van der Waals surface area contributed by atoms with E-state index in [2.05, 4.69) is 11.6 Å². The third-order valence-corrected chi connectivity index (χ3v) is 1.73. The second kappa shape index (κ2) is 3.45. The standard InChI is InChI=1S/C9H11FN2/c1-3-8(11)7-5-12-9(10)4-6(7)2/h3-5,8H,1,11H2,2H3/t8-/m0/s1. The van der Waals surface area contributed by atoms with Crippen molar-refractivity contribution < 1.29 is 4.39 Å². The molecule has 0 amide bonds. The number of nitrogens with two attached hydrogens (primary N) is 1. The van der Waals surface area contributed by atoms with Crippen molar-refractivity contribution in [3.63, 3.8) is 0 Å². The molecule has 64 valence electrons. The van der Waals surface area contributed by atoms with Crippen LogP contribution in [0.2, 0.25) is 0 Å². The summed E-state index contributed by atoms with van der Waals surface area (Å²) in [5, 5.41) is 0. The van der Waals surface area contributed by atoms with Crippen molar-refractivity contribution in [3.8, 4) is 0 Å². The summed E-state index contributed by atoms with van der Waals surface area (Å²) < 4.78 is 12.5. The van der Waals surface area contributed by atoms with Gasteiger partial charge in [0, 0.05) is 12.2 Å². The zero-order valence-electron chi connectivity index (χ0n) is 6.92. The fourth-order valence-electron chi connectivity index (χ4n) is 1.01. The molecule has 0 saturated carbocycles. The lowest BCUT2D eigenvalue weighted by atomic mass is 10.1. The molecule has 12 heavy (non-hydrogen) atoms. The van der Waals surface area contributed by atoms with Crippen LogP contribution in [0.3, 0.4) is 0 Å². The third kappa shape index (κ3) is 1.68. The monoisotopic (exact) mass is 166 g/mol. The van der Waals surface area contributed by atoms with Crippen LogP contribution in [0.15, 0.2) is 24.9 Å². The van der Waals surface area contributed by atoms with E-state index in [1.54, 1.807) is 13.0 Å². The zero-order valence-corrected chi connectivity index (χ0v) is 6.92. The number of halogens is 1. The number of pyridine rings is 1. The molecular weight excluding hydrogens is 155 g/mol. The Kier molecular flexibility index (Phi) is 2.55. The molecule has 0 fully saturated rings. The first-order valence-electron chi connectivity index (χ1n) is 3.65. The molecule has 0 radical (unpaired) electrons. The lowest BCUT2D eigenvalue weighted by Gasteiger charge is -2.08. The lowest BCUT2D eigenvalue weighted by Crippen LogP contribution is -2.09. The van der Waals surface area contributed by atoms with E-state index >= 15 is 0 Å². The molecule has 0 bridgehead atoms. The van der Waals surface area contributed by atoms with E-state index in [4.69, 9.17) is 5.73 Å². The Hall–Kier alpha value is -1.22. The quantitative estimate of drug-likeness (QED) is 0.536. The van der Waals surface area contributed by atoms with E-state index in [0.29, 0.717) is 0 Å². The van der Waals surface area contributed by atoms with Crippen molar-refractivity contribution in [2.75, 3.05) is 0 Å². The van der Waals surface area contributed by atoms with Gasteiger partial charge in [-0.2, -0.15) is 4.39 Å². The van der Waals surface area contributed by atoms with Crippen molar-refractivity contribution in [1.82, 2.24) is 4.98 Å². The molecule has 1 aromatic heterocycles. The Morgan fingerprint density at radius 2 is 2.42 bits per heavy atom. The molecular formula is C9H11FN2. The molecule has 3 heteroatoms. The highest BCUT2D eigenvalue weighted by molar-refractivity contribution is 5.27. The summed E-state index contributed by atoms with van der Waals surface area (Å²) in [7, 11) is 0. The molecule has 0 unspecified atom stereocenters.